The first-order valence-electron chi connectivity index (χ1n) is 7.94. The van der Waals surface area contributed by atoms with E-state index in [0.717, 1.165) is 25.8 Å². The van der Waals surface area contributed by atoms with Gasteiger partial charge in [-0.25, -0.2) is 0 Å². The predicted octanol–water partition coefficient (Wildman–Crippen LogP) is 2.43. The van der Waals surface area contributed by atoms with E-state index in [9.17, 15) is 9.59 Å². The average Bonchev–Trinajstić information content (AvgIpc) is 2.37. The Hall–Kier alpha value is -1.06. The lowest BCUT2D eigenvalue weighted by Crippen LogP contribution is -2.54. The fourth-order valence-electron chi connectivity index (χ4n) is 2.84. The fourth-order valence-corrected chi connectivity index (χ4v) is 2.84. The van der Waals surface area contributed by atoms with Crippen molar-refractivity contribution in [2.75, 3.05) is 13.1 Å². The van der Waals surface area contributed by atoms with E-state index < -0.39 is 0 Å². The van der Waals surface area contributed by atoms with Crippen LogP contribution in [-0.2, 0) is 9.59 Å². The maximum atomic E-state index is 12.2. The number of carbonyl (C=O) groups is 2. The minimum Gasteiger partial charge on any atom is -0.351 e. The Morgan fingerprint density at radius 3 is 2.30 bits per heavy atom. The van der Waals surface area contributed by atoms with Crippen LogP contribution in [0.25, 0.3) is 0 Å². The molecule has 1 N–H and O–H groups in total. The zero-order valence-corrected chi connectivity index (χ0v) is 13.6. The van der Waals surface area contributed by atoms with E-state index in [0.29, 0.717) is 12.5 Å². The SMILES string of the molecule is CCCC1CC(NC(=O)C(C)C)CN(C(=O)C(C)C)C1. The average molecular weight is 282 g/mol. The zero-order valence-electron chi connectivity index (χ0n) is 13.6. The molecule has 0 spiro atoms. The fraction of sp³-hybridized carbons (Fsp3) is 0.875. The van der Waals surface area contributed by atoms with Gasteiger partial charge in [0.25, 0.3) is 0 Å². The van der Waals surface area contributed by atoms with Crippen LogP contribution >= 0.6 is 0 Å². The van der Waals surface area contributed by atoms with Gasteiger partial charge in [-0.05, 0) is 18.8 Å². The highest BCUT2D eigenvalue weighted by molar-refractivity contribution is 5.79. The number of nitrogens with zero attached hydrogens (tertiary/aromatic N) is 1. The lowest BCUT2D eigenvalue weighted by Gasteiger charge is -2.39. The summed E-state index contributed by atoms with van der Waals surface area (Å²) < 4.78 is 0. The highest BCUT2D eigenvalue weighted by Gasteiger charge is 2.31. The number of likely N-dealkylation sites (tertiary alicyclic amines) is 1. The van der Waals surface area contributed by atoms with Crippen LogP contribution in [0.15, 0.2) is 0 Å². The summed E-state index contributed by atoms with van der Waals surface area (Å²) in [7, 11) is 0. The molecular weight excluding hydrogens is 252 g/mol. The highest BCUT2D eigenvalue weighted by Crippen LogP contribution is 2.23. The van der Waals surface area contributed by atoms with Crippen molar-refractivity contribution < 1.29 is 9.59 Å². The minimum absolute atomic E-state index is 0.00389. The summed E-state index contributed by atoms with van der Waals surface area (Å²) in [6.07, 6.45) is 3.24. The molecule has 1 saturated heterocycles. The quantitative estimate of drug-likeness (QED) is 0.842. The molecule has 0 aliphatic carbocycles. The second-order valence-electron chi connectivity index (χ2n) is 6.65. The standard InChI is InChI=1S/C16H30N2O2/c1-6-7-13-8-14(17-15(19)11(2)3)10-18(9-13)16(20)12(4)5/h11-14H,6-10H2,1-5H3,(H,17,19). The second kappa shape index (κ2) is 7.65. The Morgan fingerprint density at radius 2 is 1.80 bits per heavy atom. The molecule has 1 heterocycles. The Balaban J connectivity index is 2.70. The molecule has 2 atom stereocenters. The third-order valence-corrected chi connectivity index (χ3v) is 3.91. The number of amides is 2. The van der Waals surface area contributed by atoms with Gasteiger partial charge in [0.05, 0.1) is 0 Å². The summed E-state index contributed by atoms with van der Waals surface area (Å²) in [5, 5.41) is 3.10. The number of rotatable bonds is 5. The molecule has 0 aromatic heterocycles. The zero-order chi connectivity index (χ0) is 15.3. The van der Waals surface area contributed by atoms with Crippen molar-refractivity contribution in [3.63, 3.8) is 0 Å². The molecule has 4 nitrogen and oxygen atoms in total. The molecule has 1 aliphatic rings. The van der Waals surface area contributed by atoms with Gasteiger partial charge in [-0.15, -0.1) is 0 Å². The molecule has 1 rings (SSSR count). The second-order valence-corrected chi connectivity index (χ2v) is 6.65. The highest BCUT2D eigenvalue weighted by atomic mass is 16.2. The van der Waals surface area contributed by atoms with E-state index in [1.54, 1.807) is 0 Å². The van der Waals surface area contributed by atoms with E-state index in [-0.39, 0.29) is 29.7 Å². The summed E-state index contributed by atoms with van der Waals surface area (Å²) in [6, 6.07) is 0.109. The molecule has 116 valence electrons. The molecular formula is C16H30N2O2. The summed E-state index contributed by atoms with van der Waals surface area (Å²) in [4.78, 5) is 26.0. The van der Waals surface area contributed by atoms with E-state index in [1.807, 2.05) is 32.6 Å². The van der Waals surface area contributed by atoms with E-state index in [1.165, 1.54) is 0 Å². The Morgan fingerprint density at radius 1 is 1.15 bits per heavy atom. The molecule has 4 heteroatoms. The summed E-state index contributed by atoms with van der Waals surface area (Å²) in [5.74, 6) is 0.820. The predicted molar refractivity (Wildman–Crippen MR) is 81.2 cm³/mol. The van der Waals surface area contributed by atoms with Crippen LogP contribution in [0.3, 0.4) is 0 Å². The van der Waals surface area contributed by atoms with Gasteiger partial charge in [0.15, 0.2) is 0 Å². The first-order valence-corrected chi connectivity index (χ1v) is 7.94. The van der Waals surface area contributed by atoms with Crippen molar-refractivity contribution in [3.8, 4) is 0 Å². The third kappa shape index (κ3) is 4.80. The smallest absolute Gasteiger partial charge is 0.225 e. The van der Waals surface area contributed by atoms with Gasteiger partial charge in [-0.3, -0.25) is 9.59 Å². The minimum atomic E-state index is -0.00389. The molecule has 0 radical (unpaired) electrons. The molecule has 20 heavy (non-hydrogen) atoms. The van der Waals surface area contributed by atoms with Crippen LogP contribution < -0.4 is 5.32 Å². The normalized spacial score (nSPS) is 23.2. The molecule has 0 aromatic carbocycles. The Labute approximate surface area is 123 Å². The first kappa shape index (κ1) is 17.0. The molecule has 0 bridgehead atoms. The van der Waals surface area contributed by atoms with Crippen LogP contribution in [0.2, 0.25) is 0 Å². The van der Waals surface area contributed by atoms with Crippen LogP contribution in [0.4, 0.5) is 0 Å². The van der Waals surface area contributed by atoms with Crippen LogP contribution in [0, 0.1) is 17.8 Å². The van der Waals surface area contributed by atoms with Crippen LogP contribution in [0.5, 0.6) is 0 Å². The van der Waals surface area contributed by atoms with Crippen LogP contribution in [-0.4, -0.2) is 35.8 Å². The number of hydrogen-bond donors (Lipinski definition) is 1. The van der Waals surface area contributed by atoms with E-state index >= 15 is 0 Å². The third-order valence-electron chi connectivity index (χ3n) is 3.91. The molecule has 0 aromatic rings. The first-order chi connectivity index (χ1) is 9.35. The molecule has 2 unspecified atom stereocenters. The van der Waals surface area contributed by atoms with Crippen molar-refractivity contribution >= 4 is 11.8 Å². The van der Waals surface area contributed by atoms with Gasteiger partial charge < -0.3 is 10.2 Å². The van der Waals surface area contributed by atoms with Gasteiger partial charge in [0, 0.05) is 31.0 Å². The van der Waals surface area contributed by atoms with Gasteiger partial charge in [-0.2, -0.15) is 0 Å². The van der Waals surface area contributed by atoms with Crippen molar-refractivity contribution in [3.05, 3.63) is 0 Å². The van der Waals surface area contributed by atoms with Gasteiger partial charge in [0.1, 0.15) is 0 Å². The number of nitrogens with one attached hydrogen (secondary N) is 1. The Bertz CT molecular complexity index is 339. The molecule has 2 amide bonds. The van der Waals surface area contributed by atoms with Crippen molar-refractivity contribution in [1.29, 1.82) is 0 Å². The number of carbonyl (C=O) groups excluding carboxylic acids is 2. The lowest BCUT2D eigenvalue weighted by molar-refractivity contribution is -0.138. The maximum absolute atomic E-state index is 12.2. The van der Waals surface area contributed by atoms with Gasteiger partial charge in [-0.1, -0.05) is 41.0 Å². The molecule has 1 aliphatic heterocycles. The van der Waals surface area contributed by atoms with Crippen molar-refractivity contribution in [2.45, 2.75) is 59.9 Å². The lowest BCUT2D eigenvalue weighted by atomic mass is 9.89. The van der Waals surface area contributed by atoms with E-state index in [2.05, 4.69) is 12.2 Å². The number of hydrogen-bond acceptors (Lipinski definition) is 2. The van der Waals surface area contributed by atoms with Crippen LogP contribution in [0.1, 0.15) is 53.9 Å². The maximum Gasteiger partial charge on any atom is 0.225 e. The summed E-state index contributed by atoms with van der Waals surface area (Å²) in [5.41, 5.74) is 0. The van der Waals surface area contributed by atoms with Crippen molar-refractivity contribution in [2.24, 2.45) is 17.8 Å². The van der Waals surface area contributed by atoms with Gasteiger partial charge in [0.2, 0.25) is 11.8 Å². The Kier molecular flexibility index (Phi) is 6.50. The number of piperidine rings is 1. The monoisotopic (exact) mass is 282 g/mol. The molecule has 1 fully saturated rings. The molecule has 0 saturated carbocycles. The van der Waals surface area contributed by atoms with Crippen molar-refractivity contribution in [1.82, 2.24) is 10.2 Å². The largest absolute Gasteiger partial charge is 0.351 e. The topological polar surface area (TPSA) is 49.4 Å². The van der Waals surface area contributed by atoms with Gasteiger partial charge >= 0.3 is 0 Å². The van der Waals surface area contributed by atoms with E-state index in [4.69, 9.17) is 0 Å². The summed E-state index contributed by atoms with van der Waals surface area (Å²) in [6.45, 7) is 11.4. The summed E-state index contributed by atoms with van der Waals surface area (Å²) >= 11 is 0.